The van der Waals surface area contributed by atoms with Crippen molar-refractivity contribution in [1.29, 1.82) is 5.26 Å². The van der Waals surface area contributed by atoms with Crippen molar-refractivity contribution in [2.24, 2.45) is 5.73 Å². The fraction of sp³-hybridized carbons (Fsp3) is 0.273. The van der Waals surface area contributed by atoms with Crippen LogP contribution in [0, 0.1) is 17.1 Å². The van der Waals surface area contributed by atoms with Gasteiger partial charge in [-0.1, -0.05) is 0 Å². The molecule has 0 aliphatic rings. The summed E-state index contributed by atoms with van der Waals surface area (Å²) in [5.74, 6) is -0.382. The van der Waals surface area contributed by atoms with Gasteiger partial charge >= 0.3 is 6.09 Å². The minimum absolute atomic E-state index is 0.120. The first-order chi connectivity index (χ1) is 8.13. The van der Waals surface area contributed by atoms with Crippen LogP contribution < -0.4 is 11.1 Å². The molecular formula is C11H12FN3O2. The zero-order valence-electron chi connectivity index (χ0n) is 9.07. The van der Waals surface area contributed by atoms with Crippen molar-refractivity contribution < 1.29 is 13.9 Å². The van der Waals surface area contributed by atoms with E-state index in [2.05, 4.69) is 10.1 Å². The highest BCUT2D eigenvalue weighted by Crippen LogP contribution is 2.09. The predicted molar refractivity (Wildman–Crippen MR) is 58.4 cm³/mol. The summed E-state index contributed by atoms with van der Waals surface area (Å²) in [4.78, 5) is 10.2. The van der Waals surface area contributed by atoms with Crippen LogP contribution in [-0.2, 0) is 11.3 Å². The van der Waals surface area contributed by atoms with E-state index in [0.29, 0.717) is 17.7 Å². The molecule has 3 N–H and O–H groups in total. The van der Waals surface area contributed by atoms with Crippen LogP contribution in [0.1, 0.15) is 11.1 Å². The molecule has 6 heteroatoms. The highest BCUT2D eigenvalue weighted by molar-refractivity contribution is 5.64. The van der Waals surface area contributed by atoms with Gasteiger partial charge in [0, 0.05) is 18.7 Å². The number of nitriles is 1. The molecule has 0 aliphatic heterocycles. The maximum absolute atomic E-state index is 13.3. The number of rotatable bonds is 5. The second-order valence-electron chi connectivity index (χ2n) is 3.26. The number of carbonyl (C=O) groups is 1. The van der Waals surface area contributed by atoms with E-state index in [4.69, 9.17) is 11.0 Å². The number of hydrogen-bond acceptors (Lipinski definition) is 4. The summed E-state index contributed by atoms with van der Waals surface area (Å²) in [5, 5.41) is 11.5. The fourth-order valence-electron chi connectivity index (χ4n) is 1.23. The third-order valence-corrected chi connectivity index (χ3v) is 2.01. The second-order valence-corrected chi connectivity index (χ2v) is 3.26. The van der Waals surface area contributed by atoms with Crippen molar-refractivity contribution >= 4 is 6.09 Å². The van der Waals surface area contributed by atoms with Gasteiger partial charge in [-0.2, -0.15) is 5.26 Å². The molecule has 0 saturated carbocycles. The van der Waals surface area contributed by atoms with Gasteiger partial charge in [0.05, 0.1) is 11.6 Å². The van der Waals surface area contributed by atoms with Gasteiger partial charge < -0.3 is 15.8 Å². The van der Waals surface area contributed by atoms with Crippen LogP contribution >= 0.6 is 0 Å². The first-order valence-corrected chi connectivity index (χ1v) is 4.95. The van der Waals surface area contributed by atoms with Crippen molar-refractivity contribution in [2.45, 2.75) is 6.54 Å². The van der Waals surface area contributed by atoms with E-state index in [-0.39, 0.29) is 19.0 Å². The molecular weight excluding hydrogens is 225 g/mol. The zero-order valence-corrected chi connectivity index (χ0v) is 9.07. The summed E-state index contributed by atoms with van der Waals surface area (Å²) >= 11 is 0. The molecule has 0 fully saturated rings. The first kappa shape index (κ1) is 12.9. The summed E-state index contributed by atoms with van der Waals surface area (Å²) in [6.07, 6.45) is -0.843. The molecule has 0 atom stereocenters. The summed E-state index contributed by atoms with van der Waals surface area (Å²) in [6.45, 7) is 0.734. The average molecular weight is 237 g/mol. The topological polar surface area (TPSA) is 88.1 Å². The zero-order chi connectivity index (χ0) is 12.7. The number of nitrogens with two attached hydrogens (primary N) is 1. The Morgan fingerprint density at radius 2 is 2.35 bits per heavy atom. The maximum Gasteiger partial charge on any atom is 0.404 e. The Bertz CT molecular complexity index is 443. The SMILES string of the molecule is N#Cc1ccc(F)c(CNCCOC(N)=O)c1. The molecule has 1 amide bonds. The molecule has 0 bridgehead atoms. The minimum Gasteiger partial charge on any atom is -0.448 e. The van der Waals surface area contributed by atoms with E-state index >= 15 is 0 Å². The van der Waals surface area contributed by atoms with E-state index in [1.54, 1.807) is 0 Å². The lowest BCUT2D eigenvalue weighted by Crippen LogP contribution is -2.23. The van der Waals surface area contributed by atoms with Crippen LogP contribution in [0.5, 0.6) is 0 Å². The second kappa shape index (κ2) is 6.45. The van der Waals surface area contributed by atoms with Crippen LogP contribution in [0.15, 0.2) is 18.2 Å². The molecule has 0 unspecified atom stereocenters. The van der Waals surface area contributed by atoms with Crippen LogP contribution in [0.3, 0.4) is 0 Å². The van der Waals surface area contributed by atoms with Gasteiger partial charge in [0.1, 0.15) is 12.4 Å². The summed E-state index contributed by atoms with van der Waals surface area (Å²) < 4.78 is 17.8. The number of hydrogen-bond donors (Lipinski definition) is 2. The molecule has 5 nitrogen and oxygen atoms in total. The number of carbonyl (C=O) groups excluding carboxylic acids is 1. The maximum atomic E-state index is 13.3. The molecule has 0 aliphatic carbocycles. The Kier molecular flexibility index (Phi) is 4.91. The third-order valence-electron chi connectivity index (χ3n) is 2.01. The quantitative estimate of drug-likeness (QED) is 0.744. The number of primary amides is 1. The fourth-order valence-corrected chi connectivity index (χ4v) is 1.23. The van der Waals surface area contributed by atoms with Gasteiger partial charge in [0.2, 0.25) is 0 Å². The number of halogens is 1. The lowest BCUT2D eigenvalue weighted by atomic mass is 10.1. The molecule has 17 heavy (non-hydrogen) atoms. The van der Waals surface area contributed by atoms with Crippen molar-refractivity contribution in [1.82, 2.24) is 5.32 Å². The van der Waals surface area contributed by atoms with Crippen molar-refractivity contribution in [2.75, 3.05) is 13.2 Å². The molecule has 90 valence electrons. The molecule has 1 aromatic rings. The number of ether oxygens (including phenoxy) is 1. The normalized spacial score (nSPS) is 9.65. The molecule has 0 aromatic heterocycles. The minimum atomic E-state index is -0.843. The molecule has 1 aromatic carbocycles. The predicted octanol–water partition coefficient (Wildman–Crippen LogP) is 0.882. The standard InChI is InChI=1S/C11H12FN3O2/c12-10-2-1-8(6-13)5-9(10)7-15-3-4-17-11(14)16/h1-2,5,15H,3-4,7H2,(H2,14,16). The molecule has 0 saturated heterocycles. The summed E-state index contributed by atoms with van der Waals surface area (Å²) in [5.41, 5.74) is 5.55. The number of amides is 1. The van der Waals surface area contributed by atoms with E-state index in [1.807, 2.05) is 6.07 Å². The van der Waals surface area contributed by atoms with E-state index in [9.17, 15) is 9.18 Å². The highest BCUT2D eigenvalue weighted by atomic mass is 19.1. The van der Waals surface area contributed by atoms with Crippen LogP contribution in [0.2, 0.25) is 0 Å². The van der Waals surface area contributed by atoms with E-state index in [0.717, 1.165) is 0 Å². The summed E-state index contributed by atoms with van der Waals surface area (Å²) in [6, 6.07) is 6.06. The Morgan fingerprint density at radius 1 is 1.59 bits per heavy atom. The van der Waals surface area contributed by atoms with E-state index in [1.165, 1.54) is 18.2 Å². The van der Waals surface area contributed by atoms with Gasteiger partial charge in [-0.05, 0) is 18.2 Å². The Hall–Kier alpha value is -2.13. The van der Waals surface area contributed by atoms with Gasteiger partial charge in [0.25, 0.3) is 0 Å². The Labute approximate surface area is 98.0 Å². The van der Waals surface area contributed by atoms with E-state index < -0.39 is 6.09 Å². The molecule has 1 rings (SSSR count). The highest BCUT2D eigenvalue weighted by Gasteiger charge is 2.03. The molecule has 0 spiro atoms. The van der Waals surface area contributed by atoms with Gasteiger partial charge in [-0.25, -0.2) is 9.18 Å². The lowest BCUT2D eigenvalue weighted by molar-refractivity contribution is 0.157. The van der Waals surface area contributed by atoms with Gasteiger partial charge in [-0.3, -0.25) is 0 Å². The monoisotopic (exact) mass is 237 g/mol. The lowest BCUT2D eigenvalue weighted by Gasteiger charge is -2.06. The average Bonchev–Trinajstić information content (AvgIpc) is 2.30. The Balaban J connectivity index is 2.41. The third kappa shape index (κ3) is 4.49. The Morgan fingerprint density at radius 3 is 3.00 bits per heavy atom. The molecule has 0 radical (unpaired) electrons. The van der Waals surface area contributed by atoms with Crippen LogP contribution in [-0.4, -0.2) is 19.2 Å². The van der Waals surface area contributed by atoms with Crippen molar-refractivity contribution in [3.63, 3.8) is 0 Å². The number of nitrogens with one attached hydrogen (secondary N) is 1. The smallest absolute Gasteiger partial charge is 0.404 e. The summed E-state index contributed by atoms with van der Waals surface area (Å²) in [7, 11) is 0. The largest absolute Gasteiger partial charge is 0.448 e. The van der Waals surface area contributed by atoms with Crippen LogP contribution in [0.25, 0.3) is 0 Å². The van der Waals surface area contributed by atoms with Gasteiger partial charge in [0.15, 0.2) is 0 Å². The van der Waals surface area contributed by atoms with Crippen molar-refractivity contribution in [3.05, 3.63) is 35.1 Å². The van der Waals surface area contributed by atoms with Crippen molar-refractivity contribution in [3.8, 4) is 6.07 Å². The van der Waals surface area contributed by atoms with Crippen LogP contribution in [0.4, 0.5) is 9.18 Å². The number of nitrogens with zero attached hydrogens (tertiary/aromatic N) is 1. The molecule has 0 heterocycles. The van der Waals surface area contributed by atoms with Gasteiger partial charge in [-0.15, -0.1) is 0 Å². The first-order valence-electron chi connectivity index (χ1n) is 4.95. The number of benzene rings is 1.